The van der Waals surface area contributed by atoms with Crippen molar-refractivity contribution in [2.75, 3.05) is 4.90 Å². The Morgan fingerprint density at radius 2 is 1.80 bits per heavy atom. The average molecular weight is 437 g/mol. The van der Waals surface area contributed by atoms with Crippen LogP contribution in [0.1, 0.15) is 16.9 Å². The molecule has 30 heavy (non-hydrogen) atoms. The number of nitro benzene ring substituents is 1. The summed E-state index contributed by atoms with van der Waals surface area (Å²) in [6.07, 6.45) is 1.61. The van der Waals surface area contributed by atoms with Gasteiger partial charge in [0.05, 0.1) is 21.1 Å². The van der Waals surface area contributed by atoms with E-state index in [2.05, 4.69) is 0 Å². The lowest BCUT2D eigenvalue weighted by atomic mass is 10.0. The second kappa shape index (κ2) is 7.89. The SMILES string of the molecule is Cc1cc(-c2ccc(/C=C3\SC(=S)N(c4ccccc4)C3=O)o2)c([N+](=O)[O-])cc1C. The number of hydrogen-bond acceptors (Lipinski definition) is 6. The second-order valence-electron chi connectivity index (χ2n) is 6.77. The minimum atomic E-state index is -0.422. The molecule has 0 bridgehead atoms. The molecule has 0 aliphatic carbocycles. The van der Waals surface area contributed by atoms with Crippen molar-refractivity contribution in [3.63, 3.8) is 0 Å². The number of hydrogen-bond donors (Lipinski definition) is 0. The molecule has 2 aromatic carbocycles. The third kappa shape index (κ3) is 3.67. The smallest absolute Gasteiger partial charge is 0.280 e. The van der Waals surface area contributed by atoms with E-state index in [1.54, 1.807) is 24.3 Å². The molecule has 3 aromatic rings. The maximum Gasteiger partial charge on any atom is 0.280 e. The molecule has 2 heterocycles. The molecule has 0 spiro atoms. The van der Waals surface area contributed by atoms with E-state index in [-0.39, 0.29) is 11.6 Å². The van der Waals surface area contributed by atoms with Gasteiger partial charge >= 0.3 is 0 Å². The molecule has 0 atom stereocenters. The highest BCUT2D eigenvalue weighted by Gasteiger charge is 2.33. The maximum atomic E-state index is 12.8. The molecular formula is C22H16N2O4S2. The molecule has 150 valence electrons. The van der Waals surface area contributed by atoms with Crippen LogP contribution in [0.25, 0.3) is 17.4 Å². The van der Waals surface area contributed by atoms with E-state index in [1.807, 2.05) is 44.2 Å². The number of benzene rings is 2. The van der Waals surface area contributed by atoms with E-state index in [4.69, 9.17) is 16.6 Å². The Bertz CT molecular complexity index is 1220. The zero-order valence-electron chi connectivity index (χ0n) is 16.1. The van der Waals surface area contributed by atoms with Crippen molar-refractivity contribution in [3.8, 4) is 11.3 Å². The highest BCUT2D eigenvalue weighted by atomic mass is 32.2. The first-order valence-corrected chi connectivity index (χ1v) is 10.3. The van der Waals surface area contributed by atoms with Crippen LogP contribution < -0.4 is 4.90 Å². The van der Waals surface area contributed by atoms with Crippen LogP contribution in [0.2, 0.25) is 0 Å². The summed E-state index contributed by atoms with van der Waals surface area (Å²) in [6, 6.07) is 15.8. The largest absolute Gasteiger partial charge is 0.456 e. The predicted molar refractivity (Wildman–Crippen MR) is 122 cm³/mol. The number of para-hydroxylation sites is 1. The average Bonchev–Trinajstić information content (AvgIpc) is 3.28. The van der Waals surface area contributed by atoms with Crippen LogP contribution in [0, 0.1) is 24.0 Å². The van der Waals surface area contributed by atoms with Gasteiger partial charge in [0.15, 0.2) is 4.32 Å². The van der Waals surface area contributed by atoms with Crippen molar-refractivity contribution in [1.29, 1.82) is 0 Å². The molecule has 1 aliphatic rings. The van der Waals surface area contributed by atoms with Gasteiger partial charge in [0.2, 0.25) is 0 Å². The molecule has 0 unspecified atom stereocenters. The van der Waals surface area contributed by atoms with E-state index in [9.17, 15) is 14.9 Å². The van der Waals surface area contributed by atoms with Gasteiger partial charge in [-0.1, -0.05) is 42.2 Å². The fourth-order valence-electron chi connectivity index (χ4n) is 3.12. The fourth-order valence-corrected chi connectivity index (χ4v) is 4.40. The van der Waals surface area contributed by atoms with Gasteiger partial charge in [-0.3, -0.25) is 19.8 Å². The third-order valence-electron chi connectivity index (χ3n) is 4.78. The number of thiocarbonyl (C=S) groups is 1. The molecule has 1 saturated heterocycles. The minimum absolute atomic E-state index is 0.0191. The molecule has 0 saturated carbocycles. The van der Waals surface area contributed by atoms with E-state index in [0.717, 1.165) is 11.1 Å². The highest BCUT2D eigenvalue weighted by Crippen LogP contribution is 2.38. The number of carbonyl (C=O) groups is 1. The Balaban J connectivity index is 1.67. The normalized spacial score (nSPS) is 15.3. The Hall–Kier alpha value is -3.23. The van der Waals surface area contributed by atoms with Gasteiger partial charge in [0.1, 0.15) is 11.5 Å². The van der Waals surface area contributed by atoms with E-state index >= 15 is 0 Å². The Labute approximate surface area is 182 Å². The number of amides is 1. The van der Waals surface area contributed by atoms with Crippen molar-refractivity contribution in [2.24, 2.45) is 0 Å². The van der Waals surface area contributed by atoms with Gasteiger partial charge in [-0.2, -0.15) is 0 Å². The summed E-state index contributed by atoms with van der Waals surface area (Å²) in [7, 11) is 0. The molecule has 1 aliphatic heterocycles. The van der Waals surface area contributed by atoms with Crippen LogP contribution in [0.3, 0.4) is 0 Å². The summed E-state index contributed by atoms with van der Waals surface area (Å²) in [5, 5.41) is 11.5. The molecule has 6 nitrogen and oxygen atoms in total. The Morgan fingerprint density at radius 3 is 2.50 bits per heavy atom. The number of anilines is 1. The summed E-state index contributed by atoms with van der Waals surface area (Å²) >= 11 is 6.56. The molecule has 1 aromatic heterocycles. The minimum Gasteiger partial charge on any atom is -0.456 e. The van der Waals surface area contributed by atoms with Crippen molar-refractivity contribution < 1.29 is 14.1 Å². The molecule has 1 amide bonds. The first-order chi connectivity index (χ1) is 14.3. The summed E-state index contributed by atoms with van der Waals surface area (Å²) in [5.41, 5.74) is 2.85. The summed E-state index contributed by atoms with van der Waals surface area (Å²) < 4.78 is 6.27. The first-order valence-electron chi connectivity index (χ1n) is 9.04. The molecule has 1 fully saturated rings. The lowest BCUT2D eigenvalue weighted by Gasteiger charge is -2.13. The van der Waals surface area contributed by atoms with Gasteiger partial charge in [0.25, 0.3) is 11.6 Å². The number of carbonyl (C=O) groups excluding carboxylic acids is 1. The van der Waals surface area contributed by atoms with Crippen molar-refractivity contribution >= 4 is 51.7 Å². The standard InChI is InChI=1S/C22H16N2O4S2/c1-13-10-17(18(24(26)27)11-14(13)2)19-9-8-16(28-19)12-20-21(25)23(22(29)30-20)15-6-4-3-5-7-15/h3-12H,1-2H3/b20-12-. The topological polar surface area (TPSA) is 76.6 Å². The van der Waals surface area contributed by atoms with Crippen LogP contribution in [0.4, 0.5) is 11.4 Å². The maximum absolute atomic E-state index is 12.8. The third-order valence-corrected chi connectivity index (χ3v) is 6.08. The van der Waals surface area contributed by atoms with Crippen LogP contribution in [0.15, 0.2) is 63.9 Å². The fraction of sp³-hybridized carbons (Fsp3) is 0.0909. The highest BCUT2D eigenvalue weighted by molar-refractivity contribution is 8.27. The zero-order valence-corrected chi connectivity index (χ0v) is 17.8. The molecular weight excluding hydrogens is 420 g/mol. The van der Waals surface area contributed by atoms with Gasteiger partial charge in [0, 0.05) is 12.1 Å². The molecule has 0 N–H and O–H groups in total. The van der Waals surface area contributed by atoms with Crippen molar-refractivity contribution in [3.05, 3.63) is 86.5 Å². The van der Waals surface area contributed by atoms with Crippen LogP contribution >= 0.6 is 24.0 Å². The number of furan rings is 1. The Kier molecular flexibility index (Phi) is 5.27. The molecule has 0 radical (unpaired) electrons. The van der Waals surface area contributed by atoms with Gasteiger partial charge in [-0.25, -0.2) is 0 Å². The van der Waals surface area contributed by atoms with E-state index in [0.29, 0.717) is 32.0 Å². The summed E-state index contributed by atoms with van der Waals surface area (Å²) in [6.45, 7) is 3.72. The summed E-state index contributed by atoms with van der Waals surface area (Å²) in [5.74, 6) is 0.562. The van der Waals surface area contributed by atoms with Crippen molar-refractivity contribution in [1.82, 2.24) is 0 Å². The van der Waals surface area contributed by atoms with E-state index < -0.39 is 4.92 Å². The van der Waals surface area contributed by atoms with Crippen LogP contribution in [0.5, 0.6) is 0 Å². The van der Waals surface area contributed by atoms with Crippen LogP contribution in [-0.2, 0) is 4.79 Å². The lowest BCUT2D eigenvalue weighted by molar-refractivity contribution is -0.384. The first kappa shape index (κ1) is 20.1. The monoisotopic (exact) mass is 436 g/mol. The van der Waals surface area contributed by atoms with Gasteiger partial charge < -0.3 is 4.42 Å². The molecule has 8 heteroatoms. The number of nitrogens with zero attached hydrogens (tertiary/aromatic N) is 2. The summed E-state index contributed by atoms with van der Waals surface area (Å²) in [4.78, 5) is 25.8. The number of nitro groups is 1. The lowest BCUT2D eigenvalue weighted by Crippen LogP contribution is -2.27. The molecule has 4 rings (SSSR count). The number of rotatable bonds is 4. The number of thioether (sulfide) groups is 1. The quantitative estimate of drug-likeness (QED) is 0.220. The van der Waals surface area contributed by atoms with Gasteiger partial charge in [-0.05, 0) is 55.3 Å². The number of aryl methyl sites for hydroxylation is 2. The predicted octanol–water partition coefficient (Wildman–Crippen LogP) is 5.88. The van der Waals surface area contributed by atoms with Crippen molar-refractivity contribution in [2.45, 2.75) is 13.8 Å². The van der Waals surface area contributed by atoms with Crippen LogP contribution in [-0.4, -0.2) is 15.2 Å². The second-order valence-corrected chi connectivity index (χ2v) is 8.44. The Morgan fingerprint density at radius 1 is 1.10 bits per heavy atom. The van der Waals surface area contributed by atoms with Gasteiger partial charge in [-0.15, -0.1) is 0 Å². The zero-order chi connectivity index (χ0) is 21.4. The van der Waals surface area contributed by atoms with E-state index in [1.165, 1.54) is 22.7 Å².